The van der Waals surface area contributed by atoms with Crippen LogP contribution in [-0.2, 0) is 14.6 Å². The molecule has 0 radical (unpaired) electrons. The zero-order valence-corrected chi connectivity index (χ0v) is 9.80. The average molecular weight is 256 g/mol. The highest BCUT2D eigenvalue weighted by atomic mass is 35.5. The minimum absolute atomic E-state index is 0.0182. The maximum Gasteiger partial charge on any atom is 0.237 e. The van der Waals surface area contributed by atoms with E-state index in [0.717, 1.165) is 0 Å². The van der Waals surface area contributed by atoms with Gasteiger partial charge in [0.05, 0.1) is 18.1 Å². The van der Waals surface area contributed by atoms with Crippen LogP contribution in [0, 0.1) is 0 Å². The van der Waals surface area contributed by atoms with Gasteiger partial charge in [-0.1, -0.05) is 0 Å². The number of carbonyl (C=O) groups is 1. The van der Waals surface area contributed by atoms with Crippen molar-refractivity contribution >= 4 is 27.3 Å². The quantitative estimate of drug-likeness (QED) is 0.670. The predicted octanol–water partition coefficient (Wildman–Crippen LogP) is -0.767. The molecule has 1 unspecified atom stereocenters. The van der Waals surface area contributed by atoms with E-state index in [2.05, 4.69) is 0 Å². The topological polar surface area (TPSA) is 74.7 Å². The fourth-order valence-corrected chi connectivity index (χ4v) is 3.60. The molecule has 0 aromatic rings. The molecule has 0 aromatic carbocycles. The molecule has 1 rings (SSSR count). The largest absolute Gasteiger partial charge is 0.395 e. The zero-order valence-electron chi connectivity index (χ0n) is 8.23. The minimum Gasteiger partial charge on any atom is -0.395 e. The lowest BCUT2D eigenvalue weighted by Crippen LogP contribution is -2.43. The Labute approximate surface area is 93.9 Å². The van der Waals surface area contributed by atoms with E-state index in [0.29, 0.717) is 6.42 Å². The third-order valence-electron chi connectivity index (χ3n) is 2.42. The van der Waals surface area contributed by atoms with Gasteiger partial charge in [-0.2, -0.15) is 0 Å². The van der Waals surface area contributed by atoms with Crippen molar-refractivity contribution in [1.29, 1.82) is 0 Å². The number of carbonyl (C=O) groups excluding carboxylic acids is 1. The van der Waals surface area contributed by atoms with Crippen molar-refractivity contribution in [3.63, 3.8) is 0 Å². The molecule has 1 heterocycles. The van der Waals surface area contributed by atoms with Crippen molar-refractivity contribution in [1.82, 2.24) is 4.90 Å². The van der Waals surface area contributed by atoms with Crippen LogP contribution in [0.2, 0.25) is 0 Å². The van der Waals surface area contributed by atoms with Gasteiger partial charge in [0.2, 0.25) is 5.91 Å². The third kappa shape index (κ3) is 3.32. The van der Waals surface area contributed by atoms with Crippen molar-refractivity contribution in [2.45, 2.75) is 12.5 Å². The highest BCUT2D eigenvalue weighted by molar-refractivity contribution is 7.91. The Morgan fingerprint density at radius 3 is 2.60 bits per heavy atom. The van der Waals surface area contributed by atoms with Gasteiger partial charge in [0.1, 0.15) is 5.88 Å². The van der Waals surface area contributed by atoms with Gasteiger partial charge in [-0.3, -0.25) is 4.79 Å². The number of halogens is 1. The molecule has 15 heavy (non-hydrogen) atoms. The van der Waals surface area contributed by atoms with E-state index in [1.807, 2.05) is 0 Å². The van der Waals surface area contributed by atoms with Crippen molar-refractivity contribution in [3.05, 3.63) is 0 Å². The molecule has 1 atom stereocenters. The second-order valence-corrected chi connectivity index (χ2v) is 6.00. The first kappa shape index (κ1) is 12.7. The fraction of sp³-hybridized carbons (Fsp3) is 0.875. The molecule has 1 saturated heterocycles. The Morgan fingerprint density at radius 2 is 2.20 bits per heavy atom. The van der Waals surface area contributed by atoms with Crippen LogP contribution in [0.3, 0.4) is 0 Å². The lowest BCUT2D eigenvalue weighted by atomic mass is 10.2. The summed E-state index contributed by atoms with van der Waals surface area (Å²) >= 11 is 5.41. The maximum atomic E-state index is 11.4. The second-order valence-electron chi connectivity index (χ2n) is 3.50. The van der Waals surface area contributed by atoms with Gasteiger partial charge in [-0.05, 0) is 6.42 Å². The number of aliphatic hydroxyl groups excluding tert-OH is 1. The Hall–Kier alpha value is -0.330. The maximum absolute atomic E-state index is 11.4. The van der Waals surface area contributed by atoms with E-state index in [9.17, 15) is 13.2 Å². The molecule has 0 saturated carbocycles. The fourth-order valence-electron chi connectivity index (χ4n) is 1.72. The summed E-state index contributed by atoms with van der Waals surface area (Å²) in [6.07, 6.45) is 0.435. The van der Waals surface area contributed by atoms with Gasteiger partial charge in [0.15, 0.2) is 9.84 Å². The molecule has 1 aliphatic rings. The summed E-state index contributed by atoms with van der Waals surface area (Å²) in [6, 6.07) is -0.326. The molecule has 1 fully saturated rings. The molecule has 1 aliphatic heterocycles. The van der Waals surface area contributed by atoms with Crippen molar-refractivity contribution in [2.24, 2.45) is 0 Å². The summed E-state index contributed by atoms with van der Waals surface area (Å²) in [6.45, 7) is -0.0368. The molecule has 0 aliphatic carbocycles. The summed E-state index contributed by atoms with van der Waals surface area (Å²) < 4.78 is 22.5. The first-order chi connectivity index (χ1) is 7.00. The van der Waals surface area contributed by atoms with E-state index < -0.39 is 9.84 Å². The Morgan fingerprint density at radius 1 is 1.53 bits per heavy atom. The summed E-state index contributed by atoms with van der Waals surface area (Å²) in [5.41, 5.74) is 0. The number of rotatable bonds is 4. The number of nitrogens with zero attached hydrogens (tertiary/aromatic N) is 1. The lowest BCUT2D eigenvalue weighted by molar-refractivity contribution is -0.130. The van der Waals surface area contributed by atoms with Crippen molar-refractivity contribution in [2.75, 3.05) is 30.5 Å². The van der Waals surface area contributed by atoms with Gasteiger partial charge in [0.25, 0.3) is 0 Å². The van der Waals surface area contributed by atoms with Crippen molar-refractivity contribution in [3.8, 4) is 0 Å². The number of amides is 1. The summed E-state index contributed by atoms with van der Waals surface area (Å²) in [4.78, 5) is 12.7. The van der Waals surface area contributed by atoms with E-state index in [-0.39, 0.29) is 42.5 Å². The molecule has 5 nitrogen and oxygen atoms in total. The standard InChI is InChI=1S/C8H14ClNO4S/c9-5-8(12)10(2-3-11)7-1-4-15(13,14)6-7/h7,11H,1-6H2. The summed E-state index contributed by atoms with van der Waals surface area (Å²) in [7, 11) is -3.02. The van der Waals surface area contributed by atoms with Crippen molar-refractivity contribution < 1.29 is 18.3 Å². The molecular formula is C8H14ClNO4S. The Kier molecular flexibility index (Phi) is 4.36. The van der Waals surface area contributed by atoms with E-state index in [4.69, 9.17) is 16.7 Å². The second kappa shape index (κ2) is 5.14. The SMILES string of the molecule is O=C(CCl)N(CCO)C1CCS(=O)(=O)C1. The van der Waals surface area contributed by atoms with Gasteiger partial charge in [-0.25, -0.2) is 8.42 Å². The first-order valence-electron chi connectivity index (χ1n) is 4.67. The predicted molar refractivity (Wildman–Crippen MR) is 56.6 cm³/mol. The van der Waals surface area contributed by atoms with Crippen LogP contribution in [-0.4, -0.2) is 60.9 Å². The van der Waals surface area contributed by atoms with Crippen LogP contribution >= 0.6 is 11.6 Å². The monoisotopic (exact) mass is 255 g/mol. The van der Waals surface area contributed by atoms with Gasteiger partial charge < -0.3 is 10.0 Å². The Bertz CT molecular complexity index is 330. The highest BCUT2D eigenvalue weighted by Crippen LogP contribution is 2.17. The molecule has 7 heteroatoms. The van der Waals surface area contributed by atoms with Crippen LogP contribution in [0.15, 0.2) is 0 Å². The molecule has 0 bridgehead atoms. The van der Waals surface area contributed by atoms with Gasteiger partial charge in [-0.15, -0.1) is 11.6 Å². The van der Waals surface area contributed by atoms with E-state index >= 15 is 0 Å². The number of alkyl halides is 1. The highest BCUT2D eigenvalue weighted by Gasteiger charge is 2.33. The molecular weight excluding hydrogens is 242 g/mol. The molecule has 1 amide bonds. The molecule has 88 valence electrons. The molecule has 0 spiro atoms. The minimum atomic E-state index is -3.02. The normalized spacial score (nSPS) is 24.0. The smallest absolute Gasteiger partial charge is 0.237 e. The van der Waals surface area contributed by atoms with Crippen LogP contribution in [0.5, 0.6) is 0 Å². The first-order valence-corrected chi connectivity index (χ1v) is 7.02. The van der Waals surface area contributed by atoms with Gasteiger partial charge in [0, 0.05) is 12.6 Å². The van der Waals surface area contributed by atoms with Crippen LogP contribution < -0.4 is 0 Å². The number of hydrogen-bond acceptors (Lipinski definition) is 4. The van der Waals surface area contributed by atoms with Crippen LogP contribution in [0.4, 0.5) is 0 Å². The van der Waals surface area contributed by atoms with E-state index in [1.54, 1.807) is 0 Å². The summed E-state index contributed by atoms with van der Waals surface area (Å²) in [5.74, 6) is -0.422. The lowest BCUT2D eigenvalue weighted by Gasteiger charge is -2.26. The molecule has 0 aromatic heterocycles. The Balaban J connectivity index is 2.69. The number of aliphatic hydroxyl groups is 1. The molecule has 1 N–H and O–H groups in total. The van der Waals surface area contributed by atoms with Crippen LogP contribution in [0.1, 0.15) is 6.42 Å². The number of hydrogen-bond donors (Lipinski definition) is 1. The van der Waals surface area contributed by atoms with Crippen LogP contribution in [0.25, 0.3) is 0 Å². The average Bonchev–Trinajstić information content (AvgIpc) is 2.54. The van der Waals surface area contributed by atoms with Gasteiger partial charge >= 0.3 is 0 Å². The van der Waals surface area contributed by atoms with E-state index in [1.165, 1.54) is 4.90 Å². The number of sulfone groups is 1. The summed E-state index contributed by atoms with van der Waals surface area (Å²) in [5, 5.41) is 8.79. The third-order valence-corrected chi connectivity index (χ3v) is 4.40. The zero-order chi connectivity index (χ0) is 11.5.